The zero-order valence-electron chi connectivity index (χ0n) is 15.6. The molecule has 0 aliphatic heterocycles. The van der Waals surface area contributed by atoms with Crippen molar-refractivity contribution in [2.24, 2.45) is 0 Å². The molecule has 0 saturated heterocycles. The molecule has 1 heteroatoms. The highest BCUT2D eigenvalue weighted by molar-refractivity contribution is 6.85. The summed E-state index contributed by atoms with van der Waals surface area (Å²) in [5.41, 5.74) is 3.02. The van der Waals surface area contributed by atoms with Gasteiger partial charge in [-0.2, -0.15) is 0 Å². The molecule has 0 atom stereocenters. The van der Waals surface area contributed by atoms with Crippen molar-refractivity contribution in [3.05, 3.63) is 108 Å². The van der Waals surface area contributed by atoms with Gasteiger partial charge in [0.1, 0.15) is 8.80 Å². The zero-order valence-corrected chi connectivity index (χ0v) is 16.6. The molecule has 3 rings (SSSR count). The summed E-state index contributed by atoms with van der Waals surface area (Å²) in [6, 6.07) is 34.1. The average molecular weight is 356 g/mol. The van der Waals surface area contributed by atoms with Crippen LogP contribution in [0.5, 0.6) is 0 Å². The quantitative estimate of drug-likeness (QED) is 0.382. The van der Waals surface area contributed by atoms with Crippen LogP contribution in [0.4, 0.5) is 0 Å². The van der Waals surface area contributed by atoms with Gasteiger partial charge in [-0.1, -0.05) is 120 Å². The van der Waals surface area contributed by atoms with Gasteiger partial charge in [0.15, 0.2) is 0 Å². The summed E-state index contributed by atoms with van der Waals surface area (Å²) in [6.45, 7) is 2.29. The minimum atomic E-state index is -0.763. The third kappa shape index (κ3) is 5.31. The Labute approximate surface area is 159 Å². The molecule has 3 aromatic carbocycles. The molecular formula is C25H27Si. The molecule has 0 spiro atoms. The number of aryl methyl sites for hydroxylation is 1. The lowest BCUT2D eigenvalue weighted by molar-refractivity contribution is 0.881. The van der Waals surface area contributed by atoms with E-state index in [4.69, 9.17) is 0 Å². The van der Waals surface area contributed by atoms with Crippen LogP contribution in [-0.2, 0) is 6.42 Å². The largest absolute Gasteiger partial charge is 0.125 e. The van der Waals surface area contributed by atoms with Crippen LogP contribution in [0.1, 0.15) is 25.3 Å². The fourth-order valence-corrected chi connectivity index (χ4v) is 5.79. The van der Waals surface area contributed by atoms with E-state index in [2.05, 4.69) is 104 Å². The van der Waals surface area contributed by atoms with E-state index in [0.717, 1.165) is 18.9 Å². The molecule has 26 heavy (non-hydrogen) atoms. The first kappa shape index (κ1) is 18.4. The zero-order chi connectivity index (χ0) is 18.0. The average Bonchev–Trinajstić information content (AvgIpc) is 2.73. The first-order valence-corrected chi connectivity index (χ1v) is 11.3. The van der Waals surface area contributed by atoms with Crippen molar-refractivity contribution in [3.8, 4) is 0 Å². The molecule has 0 aromatic heterocycles. The number of hydrogen-bond acceptors (Lipinski definition) is 0. The van der Waals surface area contributed by atoms with E-state index in [9.17, 15) is 0 Å². The summed E-state index contributed by atoms with van der Waals surface area (Å²) in [5, 5.41) is 3.00. The van der Waals surface area contributed by atoms with Crippen molar-refractivity contribution in [1.82, 2.24) is 0 Å². The van der Waals surface area contributed by atoms with E-state index in [0.29, 0.717) is 0 Å². The summed E-state index contributed by atoms with van der Waals surface area (Å²) in [5.74, 6) is 0. The van der Waals surface area contributed by atoms with Crippen LogP contribution in [0.25, 0.3) is 0 Å². The van der Waals surface area contributed by atoms with Gasteiger partial charge >= 0.3 is 0 Å². The van der Waals surface area contributed by atoms with Crippen molar-refractivity contribution in [2.45, 2.75) is 32.2 Å². The second-order valence-corrected chi connectivity index (χ2v) is 9.14. The number of rotatable bonds is 8. The van der Waals surface area contributed by atoms with E-state index in [1.54, 1.807) is 5.57 Å². The molecule has 0 amide bonds. The second-order valence-electron chi connectivity index (χ2n) is 6.62. The normalized spacial score (nSPS) is 11.7. The van der Waals surface area contributed by atoms with E-state index < -0.39 is 8.80 Å². The van der Waals surface area contributed by atoms with Gasteiger partial charge in [-0.25, -0.2) is 0 Å². The Bertz CT molecular complexity index is 752. The summed E-state index contributed by atoms with van der Waals surface area (Å²) >= 11 is 0. The van der Waals surface area contributed by atoms with Gasteiger partial charge < -0.3 is 0 Å². The topological polar surface area (TPSA) is 0 Å². The summed E-state index contributed by atoms with van der Waals surface area (Å²) < 4.78 is 0. The lowest BCUT2D eigenvalue weighted by atomic mass is 10.0. The highest BCUT2D eigenvalue weighted by Crippen LogP contribution is 2.14. The maximum absolute atomic E-state index is 2.53. The van der Waals surface area contributed by atoms with Crippen LogP contribution in [0.15, 0.2) is 103 Å². The molecule has 0 aliphatic carbocycles. The van der Waals surface area contributed by atoms with Crippen LogP contribution in [0, 0.1) is 0 Å². The lowest BCUT2D eigenvalue weighted by Crippen LogP contribution is -2.41. The molecule has 0 nitrogen and oxygen atoms in total. The standard InChI is InChI=1S/C25H27Si/c1-2-22(18-19-23-12-6-3-7-13-23)20-21-26(24-14-8-4-9-15-24)25-16-10-5-11-17-25/h3-17,20H,2,18-19,21H2,1H3/b22-20+. The predicted octanol–water partition coefficient (Wildman–Crippen LogP) is 5.26. The summed E-state index contributed by atoms with van der Waals surface area (Å²) in [4.78, 5) is 0. The number of benzene rings is 3. The molecule has 131 valence electrons. The molecule has 0 aliphatic rings. The molecule has 0 saturated carbocycles. The van der Waals surface area contributed by atoms with Crippen LogP contribution >= 0.6 is 0 Å². The minimum Gasteiger partial charge on any atom is -0.0875 e. The number of allylic oxidation sites excluding steroid dienone is 2. The second kappa shape index (κ2) is 9.93. The van der Waals surface area contributed by atoms with Gasteiger partial charge in [-0.05, 0) is 30.9 Å². The van der Waals surface area contributed by atoms with Gasteiger partial charge in [0.25, 0.3) is 0 Å². The van der Waals surface area contributed by atoms with Crippen LogP contribution < -0.4 is 10.4 Å². The van der Waals surface area contributed by atoms with Crippen molar-refractivity contribution in [3.63, 3.8) is 0 Å². The van der Waals surface area contributed by atoms with Crippen molar-refractivity contribution in [1.29, 1.82) is 0 Å². The van der Waals surface area contributed by atoms with Gasteiger partial charge in [0, 0.05) is 0 Å². The van der Waals surface area contributed by atoms with Crippen molar-refractivity contribution >= 4 is 19.2 Å². The first-order chi connectivity index (χ1) is 12.9. The molecule has 1 radical (unpaired) electrons. The Kier molecular flexibility index (Phi) is 7.03. The fourth-order valence-electron chi connectivity index (χ4n) is 3.30. The van der Waals surface area contributed by atoms with Gasteiger partial charge in [-0.15, -0.1) is 0 Å². The summed E-state index contributed by atoms with van der Waals surface area (Å²) in [7, 11) is -0.763. The third-order valence-corrected chi connectivity index (χ3v) is 7.54. The molecular weight excluding hydrogens is 328 g/mol. The molecule has 0 heterocycles. The van der Waals surface area contributed by atoms with Gasteiger partial charge in [-0.3, -0.25) is 0 Å². The monoisotopic (exact) mass is 355 g/mol. The summed E-state index contributed by atoms with van der Waals surface area (Å²) in [6.07, 6.45) is 5.97. The smallest absolute Gasteiger partial charge is 0.0875 e. The molecule has 0 unspecified atom stereocenters. The third-order valence-electron chi connectivity index (χ3n) is 4.87. The highest BCUT2D eigenvalue weighted by atomic mass is 28.3. The maximum atomic E-state index is 2.53. The Morgan fingerprint density at radius 3 is 1.73 bits per heavy atom. The number of hydrogen-bond donors (Lipinski definition) is 0. The van der Waals surface area contributed by atoms with E-state index in [1.165, 1.54) is 22.4 Å². The fraction of sp³-hybridized carbons (Fsp3) is 0.200. The lowest BCUT2D eigenvalue weighted by Gasteiger charge is -2.15. The highest BCUT2D eigenvalue weighted by Gasteiger charge is 2.15. The van der Waals surface area contributed by atoms with E-state index >= 15 is 0 Å². The van der Waals surface area contributed by atoms with Crippen LogP contribution in [0.2, 0.25) is 6.04 Å². The molecule has 0 N–H and O–H groups in total. The maximum Gasteiger partial charge on any atom is 0.125 e. The van der Waals surface area contributed by atoms with Crippen LogP contribution in [0.3, 0.4) is 0 Å². The molecule has 0 bridgehead atoms. The predicted molar refractivity (Wildman–Crippen MR) is 116 cm³/mol. The Hall–Kier alpha value is -2.38. The van der Waals surface area contributed by atoms with Crippen LogP contribution in [-0.4, -0.2) is 8.80 Å². The Morgan fingerprint density at radius 2 is 1.23 bits per heavy atom. The van der Waals surface area contributed by atoms with Crippen molar-refractivity contribution in [2.75, 3.05) is 0 Å². The SMILES string of the molecule is CC/C(=C\C[Si](c1ccccc1)c1ccccc1)CCc1ccccc1. The van der Waals surface area contributed by atoms with Gasteiger partial charge in [0.05, 0.1) is 0 Å². The minimum absolute atomic E-state index is 0.763. The van der Waals surface area contributed by atoms with E-state index in [-0.39, 0.29) is 0 Å². The molecule has 0 fully saturated rings. The van der Waals surface area contributed by atoms with Crippen molar-refractivity contribution < 1.29 is 0 Å². The van der Waals surface area contributed by atoms with E-state index in [1.807, 2.05) is 0 Å². The Balaban J connectivity index is 1.74. The van der Waals surface area contributed by atoms with Gasteiger partial charge in [0.2, 0.25) is 0 Å². The first-order valence-electron chi connectivity index (χ1n) is 9.55. The Morgan fingerprint density at radius 1 is 0.731 bits per heavy atom. The molecule has 3 aromatic rings.